The minimum absolute atomic E-state index is 0.0475. The molecular weight excluding hydrogens is 159 g/mol. The molecule has 0 spiro atoms. The number of amidine groups is 1. The molecule has 0 rings (SSSR count). The van der Waals surface area contributed by atoms with Gasteiger partial charge in [-0.25, -0.2) is 4.31 Å². The van der Waals surface area contributed by atoms with Crippen LogP contribution >= 0.6 is 0 Å². The Bertz CT molecular complexity index is 223. The Labute approximate surface area is 59.5 Å². The van der Waals surface area contributed by atoms with Crippen LogP contribution < -0.4 is 0 Å². The fourth-order valence-corrected chi connectivity index (χ4v) is 1.19. The van der Waals surface area contributed by atoms with Crippen LogP contribution in [0.1, 0.15) is 13.8 Å². The SMILES string of the molecule is CCN(C(C)=N)S(=O)(=O)F. The molecule has 0 aromatic carbocycles. The highest BCUT2D eigenvalue weighted by atomic mass is 32.3. The average molecular weight is 168 g/mol. The molecule has 0 heterocycles. The summed E-state index contributed by atoms with van der Waals surface area (Å²) in [5, 5.41) is 6.81. The van der Waals surface area contributed by atoms with Crippen molar-refractivity contribution >= 4 is 16.2 Å². The summed E-state index contributed by atoms with van der Waals surface area (Å²) in [5.74, 6) is -0.315. The van der Waals surface area contributed by atoms with Crippen molar-refractivity contribution in [1.29, 1.82) is 5.41 Å². The Morgan fingerprint density at radius 3 is 2.10 bits per heavy atom. The minimum atomic E-state index is -4.71. The third-order valence-corrected chi connectivity index (χ3v) is 1.98. The van der Waals surface area contributed by atoms with Crippen LogP contribution in [0.3, 0.4) is 0 Å². The van der Waals surface area contributed by atoms with Crippen molar-refractivity contribution in [3.05, 3.63) is 0 Å². The second kappa shape index (κ2) is 2.96. The van der Waals surface area contributed by atoms with Crippen LogP contribution in [0.4, 0.5) is 3.89 Å². The normalized spacial score (nSPS) is 11.1. The lowest BCUT2D eigenvalue weighted by molar-refractivity contribution is 0.483. The summed E-state index contributed by atoms with van der Waals surface area (Å²) < 4.78 is 32.7. The molecule has 0 aliphatic carbocycles. The molecule has 0 unspecified atom stereocenters. The predicted molar refractivity (Wildman–Crippen MR) is 35.8 cm³/mol. The first-order valence-electron chi connectivity index (χ1n) is 2.67. The number of nitrogens with one attached hydrogen (secondary N) is 1. The molecule has 0 aromatic rings. The first-order chi connectivity index (χ1) is 4.39. The number of rotatable bonds is 2. The molecule has 0 saturated heterocycles. The van der Waals surface area contributed by atoms with Crippen LogP contribution in [0.25, 0.3) is 0 Å². The van der Waals surface area contributed by atoms with E-state index in [9.17, 15) is 12.3 Å². The molecule has 6 heteroatoms. The van der Waals surface area contributed by atoms with E-state index in [4.69, 9.17) is 5.41 Å². The van der Waals surface area contributed by atoms with Crippen molar-refractivity contribution in [3.63, 3.8) is 0 Å². The largest absolute Gasteiger partial charge is 0.400 e. The van der Waals surface area contributed by atoms with Gasteiger partial charge in [-0.3, -0.25) is 5.41 Å². The Morgan fingerprint density at radius 1 is 1.70 bits per heavy atom. The maximum Gasteiger partial charge on any atom is 0.400 e. The van der Waals surface area contributed by atoms with E-state index >= 15 is 0 Å². The fourth-order valence-electron chi connectivity index (χ4n) is 0.555. The van der Waals surface area contributed by atoms with Crippen molar-refractivity contribution in [1.82, 2.24) is 4.31 Å². The quantitative estimate of drug-likeness (QED) is 0.371. The van der Waals surface area contributed by atoms with E-state index in [-0.39, 0.29) is 12.4 Å². The zero-order valence-corrected chi connectivity index (χ0v) is 6.57. The summed E-state index contributed by atoms with van der Waals surface area (Å²) >= 11 is 0. The van der Waals surface area contributed by atoms with Crippen LogP contribution in [0, 0.1) is 5.41 Å². The highest BCUT2D eigenvalue weighted by molar-refractivity contribution is 7.84. The summed E-state index contributed by atoms with van der Waals surface area (Å²) in [5.41, 5.74) is 0. The number of nitrogens with zero attached hydrogens (tertiary/aromatic N) is 1. The minimum Gasteiger partial charge on any atom is -0.288 e. The average Bonchev–Trinajstić information content (AvgIpc) is 1.60. The van der Waals surface area contributed by atoms with Gasteiger partial charge in [0, 0.05) is 6.54 Å². The van der Waals surface area contributed by atoms with Crippen LogP contribution in [-0.4, -0.2) is 25.1 Å². The second-order valence-corrected chi connectivity index (χ2v) is 2.96. The molecule has 0 fully saturated rings. The van der Waals surface area contributed by atoms with Crippen molar-refractivity contribution in [2.75, 3.05) is 6.54 Å². The molecule has 0 radical (unpaired) electrons. The second-order valence-electron chi connectivity index (χ2n) is 1.69. The summed E-state index contributed by atoms with van der Waals surface area (Å²) in [4.78, 5) is 0. The molecule has 0 aliphatic heterocycles. The van der Waals surface area contributed by atoms with Crippen LogP contribution in [0.15, 0.2) is 0 Å². The van der Waals surface area contributed by atoms with Crippen molar-refractivity contribution in [2.24, 2.45) is 0 Å². The molecule has 0 atom stereocenters. The van der Waals surface area contributed by atoms with Crippen molar-refractivity contribution < 1.29 is 12.3 Å². The van der Waals surface area contributed by atoms with Crippen LogP contribution in [-0.2, 0) is 10.4 Å². The van der Waals surface area contributed by atoms with Gasteiger partial charge in [0.2, 0.25) is 0 Å². The maximum absolute atomic E-state index is 12.1. The standard InChI is InChI=1S/C4H9FN2O2S/c1-3-7(4(2)6)10(5,8)9/h6H,3H2,1-2H3. The molecule has 60 valence electrons. The lowest BCUT2D eigenvalue weighted by Crippen LogP contribution is -2.31. The number of hydrogen-bond acceptors (Lipinski definition) is 3. The molecule has 0 aromatic heterocycles. The van der Waals surface area contributed by atoms with E-state index in [2.05, 4.69) is 0 Å². The van der Waals surface area contributed by atoms with E-state index in [1.54, 1.807) is 0 Å². The lowest BCUT2D eigenvalue weighted by Gasteiger charge is -2.14. The Balaban J connectivity index is 4.55. The van der Waals surface area contributed by atoms with Gasteiger partial charge in [0.25, 0.3) is 0 Å². The highest BCUT2D eigenvalue weighted by Crippen LogP contribution is 2.01. The van der Waals surface area contributed by atoms with Gasteiger partial charge in [0.1, 0.15) is 5.84 Å². The first-order valence-corrected chi connectivity index (χ1v) is 4.01. The maximum atomic E-state index is 12.1. The zero-order chi connectivity index (χ0) is 8.36. The monoisotopic (exact) mass is 168 g/mol. The first kappa shape index (κ1) is 9.35. The van der Waals surface area contributed by atoms with Crippen molar-refractivity contribution in [3.8, 4) is 0 Å². The third-order valence-electron chi connectivity index (χ3n) is 0.925. The van der Waals surface area contributed by atoms with E-state index in [1.165, 1.54) is 13.8 Å². The highest BCUT2D eigenvalue weighted by Gasteiger charge is 2.18. The fraction of sp³-hybridized carbons (Fsp3) is 0.750. The van der Waals surface area contributed by atoms with E-state index in [0.29, 0.717) is 4.31 Å². The molecule has 0 saturated carbocycles. The van der Waals surface area contributed by atoms with Gasteiger partial charge in [-0.15, -0.1) is 0 Å². The van der Waals surface area contributed by atoms with Gasteiger partial charge in [-0.05, 0) is 13.8 Å². The van der Waals surface area contributed by atoms with Gasteiger partial charge in [-0.1, -0.05) is 3.89 Å². The van der Waals surface area contributed by atoms with Gasteiger partial charge in [0.05, 0.1) is 0 Å². The van der Waals surface area contributed by atoms with E-state index in [0.717, 1.165) is 0 Å². The number of halogens is 1. The zero-order valence-electron chi connectivity index (χ0n) is 5.76. The molecule has 10 heavy (non-hydrogen) atoms. The van der Waals surface area contributed by atoms with Gasteiger partial charge < -0.3 is 0 Å². The molecule has 0 bridgehead atoms. The third kappa shape index (κ3) is 2.30. The predicted octanol–water partition coefficient (Wildman–Crippen LogP) is 0.520. The van der Waals surface area contributed by atoms with Crippen LogP contribution in [0.2, 0.25) is 0 Å². The Kier molecular flexibility index (Phi) is 2.77. The van der Waals surface area contributed by atoms with Gasteiger partial charge >= 0.3 is 10.4 Å². The Hall–Kier alpha value is -0.650. The van der Waals surface area contributed by atoms with Gasteiger partial charge in [0.15, 0.2) is 0 Å². The summed E-state index contributed by atoms with van der Waals surface area (Å²) in [6, 6.07) is 0. The molecule has 1 N–H and O–H groups in total. The lowest BCUT2D eigenvalue weighted by atomic mass is 10.6. The van der Waals surface area contributed by atoms with Crippen LogP contribution in [0.5, 0.6) is 0 Å². The molecular formula is C4H9FN2O2S. The molecule has 0 amide bonds. The summed E-state index contributed by atoms with van der Waals surface area (Å²) in [6.45, 7) is 2.62. The number of hydrogen-bond donors (Lipinski definition) is 1. The van der Waals surface area contributed by atoms with E-state index < -0.39 is 10.4 Å². The Morgan fingerprint density at radius 2 is 2.10 bits per heavy atom. The smallest absolute Gasteiger partial charge is 0.288 e. The molecule has 0 aliphatic rings. The van der Waals surface area contributed by atoms with Crippen molar-refractivity contribution in [2.45, 2.75) is 13.8 Å². The summed E-state index contributed by atoms with van der Waals surface area (Å²) in [6.07, 6.45) is 0. The summed E-state index contributed by atoms with van der Waals surface area (Å²) in [7, 11) is -4.71. The van der Waals surface area contributed by atoms with Gasteiger partial charge in [-0.2, -0.15) is 8.42 Å². The molecule has 4 nitrogen and oxygen atoms in total. The van der Waals surface area contributed by atoms with E-state index in [1.807, 2.05) is 0 Å². The topological polar surface area (TPSA) is 61.2 Å².